The third-order valence-corrected chi connectivity index (χ3v) is 12.2. The highest BCUT2D eigenvalue weighted by atomic mass is 16.2. The molecule has 2 aromatic heterocycles. The van der Waals surface area contributed by atoms with Crippen LogP contribution >= 0.6 is 0 Å². The van der Waals surface area contributed by atoms with Crippen LogP contribution in [0.5, 0.6) is 0 Å². The van der Waals surface area contributed by atoms with Gasteiger partial charge < -0.3 is 25.5 Å². The standard InChI is InChI=1S/C49H58N8O2/c1-7-11-25-57(48(58)44(50)31(5)6)30-43-53-41-28-35(15-8-2)39-27-34(19-22-38(39)47(41)55-43)33-18-21-37-36(26-33)20-23-40-46(37)54-42(52-40)29-56(24-9-3)49(59)45(51-10-4)32-16-13-12-14-17-32/h1,10,12-14,16-19,21-22,31,35-36,39,44-45H,9,11,20,23-30,50H2,2-6H3,(H,52,54)(H,53,55). The minimum atomic E-state index is -0.596. The van der Waals surface area contributed by atoms with Crippen molar-refractivity contribution in [2.75, 3.05) is 13.1 Å². The lowest BCUT2D eigenvalue weighted by Crippen LogP contribution is -2.46. The molecule has 0 spiro atoms. The van der Waals surface area contributed by atoms with E-state index in [0.717, 1.165) is 78.5 Å². The molecule has 5 unspecified atom stereocenters. The highest BCUT2D eigenvalue weighted by Crippen LogP contribution is 2.48. The summed E-state index contributed by atoms with van der Waals surface area (Å²) < 4.78 is 0. The summed E-state index contributed by atoms with van der Waals surface area (Å²) in [4.78, 5) is 52.9. The number of fused-ring (bicyclic) bond motifs is 6. The summed E-state index contributed by atoms with van der Waals surface area (Å²) in [5, 5.41) is 0. The van der Waals surface area contributed by atoms with Gasteiger partial charge in [-0.2, -0.15) is 0 Å². The molecule has 0 aliphatic heterocycles. The molecule has 4 aliphatic rings. The van der Waals surface area contributed by atoms with E-state index in [0.29, 0.717) is 38.5 Å². The molecule has 2 heterocycles. The van der Waals surface area contributed by atoms with Gasteiger partial charge in [-0.15, -0.1) is 18.3 Å². The number of imidazole rings is 2. The number of benzene rings is 1. The zero-order chi connectivity index (χ0) is 41.6. The molecule has 7 rings (SSSR count). The van der Waals surface area contributed by atoms with Gasteiger partial charge in [0.15, 0.2) is 6.04 Å². The molecule has 0 saturated carbocycles. The van der Waals surface area contributed by atoms with Gasteiger partial charge in [0, 0.05) is 49.2 Å². The largest absolute Gasteiger partial charge is 0.344 e. The SMILES string of the molecule is C#CCCN(Cc1nc2c([nH]1)CC(C#CC)C1CC(C3=CC=C4c5nc(CN(CCC)C(=O)C(N=CC)c6ccccc6)[nH]c5CCC4C3)=CC=C21)C(=O)C(N)C(C)C. The molecule has 1 aromatic carbocycles. The Kier molecular flexibility index (Phi) is 13.0. The number of terminal acetylenes is 1. The molecule has 306 valence electrons. The average molecular weight is 791 g/mol. The Labute approximate surface area is 349 Å². The maximum atomic E-state index is 13.9. The van der Waals surface area contributed by atoms with Crippen molar-refractivity contribution < 1.29 is 9.59 Å². The predicted molar refractivity (Wildman–Crippen MR) is 235 cm³/mol. The van der Waals surface area contributed by atoms with Crippen LogP contribution in [0.3, 0.4) is 0 Å². The molecule has 2 amide bonds. The van der Waals surface area contributed by atoms with E-state index >= 15 is 0 Å². The Morgan fingerprint density at radius 1 is 0.932 bits per heavy atom. The van der Waals surface area contributed by atoms with Gasteiger partial charge >= 0.3 is 0 Å². The highest BCUT2D eigenvalue weighted by molar-refractivity contribution is 5.85. The predicted octanol–water partition coefficient (Wildman–Crippen LogP) is 7.54. The molecule has 5 atom stereocenters. The van der Waals surface area contributed by atoms with Crippen LogP contribution in [0.15, 0.2) is 70.8 Å². The fourth-order valence-corrected chi connectivity index (χ4v) is 9.13. The molecule has 3 aromatic rings. The normalized spacial score (nSPS) is 20.3. The van der Waals surface area contributed by atoms with Crippen molar-refractivity contribution in [1.29, 1.82) is 0 Å². The fourth-order valence-electron chi connectivity index (χ4n) is 9.13. The Balaban J connectivity index is 1.11. The van der Waals surface area contributed by atoms with Crippen molar-refractivity contribution in [2.24, 2.45) is 34.4 Å². The third-order valence-electron chi connectivity index (χ3n) is 12.2. The van der Waals surface area contributed by atoms with Crippen LogP contribution in [0.2, 0.25) is 0 Å². The number of carbonyl (C=O) groups is 2. The second-order valence-corrected chi connectivity index (χ2v) is 16.6. The van der Waals surface area contributed by atoms with Crippen molar-refractivity contribution in [3.8, 4) is 24.2 Å². The molecule has 0 fully saturated rings. The number of nitrogens with two attached hydrogens (primary N) is 1. The van der Waals surface area contributed by atoms with Gasteiger partial charge in [0.2, 0.25) is 5.91 Å². The zero-order valence-electron chi connectivity index (χ0n) is 35.2. The number of allylic oxidation sites excluding steroid dienone is 8. The molecular weight excluding hydrogens is 733 g/mol. The van der Waals surface area contributed by atoms with E-state index < -0.39 is 12.1 Å². The number of aromatic nitrogens is 4. The van der Waals surface area contributed by atoms with Crippen molar-refractivity contribution in [3.05, 3.63) is 106 Å². The van der Waals surface area contributed by atoms with Gasteiger partial charge in [-0.05, 0) is 91.9 Å². The van der Waals surface area contributed by atoms with Gasteiger partial charge in [-0.25, -0.2) is 9.97 Å². The second kappa shape index (κ2) is 18.5. The van der Waals surface area contributed by atoms with Crippen molar-refractivity contribution in [2.45, 2.75) is 105 Å². The van der Waals surface area contributed by atoms with Gasteiger partial charge in [-0.1, -0.05) is 81.3 Å². The van der Waals surface area contributed by atoms with E-state index in [9.17, 15) is 9.59 Å². The number of aromatic amines is 2. The minimum Gasteiger partial charge on any atom is -0.344 e. The summed E-state index contributed by atoms with van der Waals surface area (Å²) in [5.74, 6) is 11.6. The summed E-state index contributed by atoms with van der Waals surface area (Å²) in [7, 11) is 0. The fraction of sp³-hybridized carbons (Fsp3) is 0.449. The summed E-state index contributed by atoms with van der Waals surface area (Å²) >= 11 is 0. The molecule has 0 radical (unpaired) electrons. The number of aliphatic imine (C=N–C) groups is 1. The number of carbonyl (C=O) groups excluding carboxylic acids is 2. The van der Waals surface area contributed by atoms with Crippen LogP contribution in [-0.4, -0.2) is 66.9 Å². The van der Waals surface area contributed by atoms with E-state index in [2.05, 4.69) is 63.9 Å². The van der Waals surface area contributed by atoms with Crippen LogP contribution in [0.1, 0.15) is 113 Å². The number of aryl methyl sites for hydroxylation is 1. The average Bonchev–Trinajstić information content (AvgIpc) is 3.87. The number of hydrogen-bond acceptors (Lipinski definition) is 6. The van der Waals surface area contributed by atoms with E-state index in [1.54, 1.807) is 11.1 Å². The Morgan fingerprint density at radius 2 is 1.59 bits per heavy atom. The monoisotopic (exact) mass is 790 g/mol. The first-order valence-electron chi connectivity index (χ1n) is 21.3. The first-order valence-corrected chi connectivity index (χ1v) is 21.3. The lowest BCUT2D eigenvalue weighted by molar-refractivity contribution is -0.134. The van der Waals surface area contributed by atoms with Crippen molar-refractivity contribution >= 4 is 29.2 Å². The van der Waals surface area contributed by atoms with Gasteiger partial charge in [0.05, 0.1) is 30.5 Å². The van der Waals surface area contributed by atoms with Crippen molar-refractivity contribution in [3.63, 3.8) is 0 Å². The Morgan fingerprint density at radius 3 is 2.25 bits per heavy atom. The summed E-state index contributed by atoms with van der Waals surface area (Å²) in [6.45, 7) is 11.6. The summed E-state index contributed by atoms with van der Waals surface area (Å²) in [5.41, 5.74) is 16.6. The molecule has 10 heteroatoms. The van der Waals surface area contributed by atoms with E-state index in [1.807, 2.05) is 62.9 Å². The Bertz CT molecular complexity index is 2300. The molecule has 0 saturated heterocycles. The molecule has 10 nitrogen and oxygen atoms in total. The maximum absolute atomic E-state index is 13.9. The number of hydrogen-bond donors (Lipinski definition) is 3. The number of rotatable bonds is 14. The smallest absolute Gasteiger partial charge is 0.252 e. The quantitative estimate of drug-likeness (QED) is 0.115. The van der Waals surface area contributed by atoms with E-state index in [4.69, 9.17) is 22.1 Å². The first kappa shape index (κ1) is 41.4. The Hall–Kier alpha value is -5.71. The molecule has 4 aliphatic carbocycles. The third kappa shape index (κ3) is 8.84. The minimum absolute atomic E-state index is 0.0126. The number of amides is 2. The summed E-state index contributed by atoms with van der Waals surface area (Å²) in [6, 6.07) is 8.62. The molecule has 59 heavy (non-hydrogen) atoms. The van der Waals surface area contributed by atoms with Gasteiger partial charge in [-0.3, -0.25) is 14.6 Å². The molecule has 4 N–H and O–H groups in total. The van der Waals surface area contributed by atoms with Gasteiger partial charge in [0.25, 0.3) is 5.91 Å². The lowest BCUT2D eigenvalue weighted by atomic mass is 9.69. The number of nitrogens with zero attached hydrogens (tertiary/aromatic N) is 5. The maximum Gasteiger partial charge on any atom is 0.252 e. The van der Waals surface area contributed by atoms with Crippen LogP contribution in [0.4, 0.5) is 0 Å². The van der Waals surface area contributed by atoms with Crippen LogP contribution in [0, 0.1) is 47.9 Å². The van der Waals surface area contributed by atoms with E-state index in [-0.39, 0.29) is 29.6 Å². The van der Waals surface area contributed by atoms with Crippen molar-refractivity contribution in [1.82, 2.24) is 29.7 Å². The lowest BCUT2D eigenvalue weighted by Gasteiger charge is -2.35. The summed E-state index contributed by atoms with van der Waals surface area (Å²) in [6.07, 6.45) is 22.3. The van der Waals surface area contributed by atoms with Crippen LogP contribution in [-0.2, 0) is 35.5 Å². The van der Waals surface area contributed by atoms with E-state index in [1.165, 1.54) is 22.3 Å². The zero-order valence-corrected chi connectivity index (χ0v) is 35.2. The highest BCUT2D eigenvalue weighted by Gasteiger charge is 2.38. The molecule has 0 bridgehead atoms. The first-order chi connectivity index (χ1) is 28.6. The molecular formula is C49H58N8O2. The number of nitrogens with one attached hydrogen (secondary N) is 2. The van der Waals surface area contributed by atoms with Crippen LogP contribution in [0.25, 0.3) is 11.1 Å². The van der Waals surface area contributed by atoms with Crippen LogP contribution < -0.4 is 5.73 Å². The number of H-pyrrole nitrogens is 2. The van der Waals surface area contributed by atoms with Gasteiger partial charge in [0.1, 0.15) is 11.6 Å². The topological polar surface area (TPSA) is 136 Å². The second-order valence-electron chi connectivity index (χ2n) is 16.6.